The van der Waals surface area contributed by atoms with Crippen LogP contribution in [0, 0.1) is 0 Å². The van der Waals surface area contributed by atoms with E-state index in [2.05, 4.69) is 21.2 Å². The number of anilines is 1. The predicted molar refractivity (Wildman–Crippen MR) is 150 cm³/mol. The molecule has 1 N–H and O–H groups in total. The third kappa shape index (κ3) is 7.04. The molecule has 3 rings (SSSR count). The molecule has 196 valence electrons. The first kappa shape index (κ1) is 29.0. The lowest BCUT2D eigenvalue weighted by molar-refractivity contribution is -0.140. The molecule has 0 saturated carbocycles. The first-order valence-electron chi connectivity index (χ1n) is 11.4. The number of nitrogens with zero attached hydrogens (tertiary/aromatic N) is 2. The van der Waals surface area contributed by atoms with E-state index in [0.29, 0.717) is 32.2 Å². The van der Waals surface area contributed by atoms with Crippen molar-refractivity contribution in [3.63, 3.8) is 0 Å². The lowest BCUT2D eigenvalue weighted by Crippen LogP contribution is -2.51. The van der Waals surface area contributed by atoms with Gasteiger partial charge >= 0.3 is 0 Å². The molecule has 37 heavy (non-hydrogen) atoms. The predicted octanol–water partition coefficient (Wildman–Crippen LogP) is 5.50. The molecule has 0 fully saturated rings. The van der Waals surface area contributed by atoms with Gasteiger partial charge in [-0.1, -0.05) is 76.4 Å². The van der Waals surface area contributed by atoms with Gasteiger partial charge in [-0.2, -0.15) is 0 Å². The molecule has 0 bridgehead atoms. The van der Waals surface area contributed by atoms with Crippen molar-refractivity contribution >= 4 is 66.7 Å². The van der Waals surface area contributed by atoms with E-state index in [-0.39, 0.29) is 17.3 Å². The lowest BCUT2D eigenvalue weighted by Gasteiger charge is -2.33. The molecule has 0 spiro atoms. The lowest BCUT2D eigenvalue weighted by atomic mass is 10.1. The molecule has 7 nitrogen and oxygen atoms in total. The second kappa shape index (κ2) is 12.8. The minimum absolute atomic E-state index is 0.0271. The van der Waals surface area contributed by atoms with E-state index in [1.807, 2.05) is 0 Å². The van der Waals surface area contributed by atoms with E-state index in [1.165, 1.54) is 24.1 Å². The van der Waals surface area contributed by atoms with Crippen molar-refractivity contribution in [3.8, 4) is 0 Å². The Bertz CT molecular complexity index is 1370. The van der Waals surface area contributed by atoms with Crippen LogP contribution >= 0.6 is 39.1 Å². The molecule has 0 saturated heterocycles. The number of carbonyl (C=O) groups excluding carboxylic acids is 2. The third-order valence-electron chi connectivity index (χ3n) is 5.68. The Morgan fingerprint density at radius 1 is 0.973 bits per heavy atom. The Balaban J connectivity index is 2.06. The molecule has 11 heteroatoms. The van der Waals surface area contributed by atoms with E-state index >= 15 is 0 Å². The van der Waals surface area contributed by atoms with Crippen molar-refractivity contribution in [2.75, 3.05) is 17.9 Å². The summed E-state index contributed by atoms with van der Waals surface area (Å²) in [6, 6.07) is 18.6. The Morgan fingerprint density at radius 3 is 2.27 bits per heavy atom. The third-order valence-corrected chi connectivity index (χ3v) is 8.70. The fourth-order valence-corrected chi connectivity index (χ4v) is 5.94. The summed E-state index contributed by atoms with van der Waals surface area (Å²) in [6.45, 7) is 1.28. The molecule has 0 aliphatic rings. The number of sulfonamides is 1. The van der Waals surface area contributed by atoms with E-state index in [9.17, 15) is 18.0 Å². The topological polar surface area (TPSA) is 86.8 Å². The molecule has 0 heterocycles. The second-order valence-corrected chi connectivity index (χ2v) is 11.7. The molecular formula is C26H26BrCl2N3O4S. The van der Waals surface area contributed by atoms with Crippen LogP contribution in [-0.2, 0) is 26.2 Å². The fraction of sp³-hybridized carbons (Fsp3) is 0.231. The maximum Gasteiger partial charge on any atom is 0.264 e. The average Bonchev–Trinajstić information content (AvgIpc) is 2.89. The van der Waals surface area contributed by atoms with Crippen molar-refractivity contribution < 1.29 is 18.0 Å². The number of amides is 2. The highest BCUT2D eigenvalue weighted by atomic mass is 79.9. The van der Waals surface area contributed by atoms with Crippen molar-refractivity contribution in [1.82, 2.24) is 10.2 Å². The molecular weight excluding hydrogens is 601 g/mol. The zero-order valence-corrected chi connectivity index (χ0v) is 24.1. The molecule has 2 amide bonds. The smallest absolute Gasteiger partial charge is 0.264 e. The molecule has 0 aliphatic heterocycles. The number of benzene rings is 3. The highest BCUT2D eigenvalue weighted by Gasteiger charge is 2.33. The van der Waals surface area contributed by atoms with Crippen molar-refractivity contribution in [2.45, 2.75) is 30.8 Å². The Morgan fingerprint density at radius 2 is 1.68 bits per heavy atom. The quantitative estimate of drug-likeness (QED) is 0.322. The zero-order valence-electron chi connectivity index (χ0n) is 20.2. The van der Waals surface area contributed by atoms with E-state index in [1.54, 1.807) is 67.6 Å². The molecule has 0 radical (unpaired) electrons. The van der Waals surface area contributed by atoms with Crippen LogP contribution in [0.4, 0.5) is 5.69 Å². The largest absolute Gasteiger partial charge is 0.357 e. The van der Waals surface area contributed by atoms with Gasteiger partial charge in [0.1, 0.15) is 12.6 Å². The number of hydrogen-bond acceptors (Lipinski definition) is 4. The summed E-state index contributed by atoms with van der Waals surface area (Å²) >= 11 is 15.6. The first-order chi connectivity index (χ1) is 17.6. The number of likely N-dealkylation sites (N-methyl/N-ethyl adjacent to an activating group) is 1. The Hall–Kier alpha value is -2.59. The van der Waals surface area contributed by atoms with Gasteiger partial charge in [0, 0.05) is 18.1 Å². The van der Waals surface area contributed by atoms with Gasteiger partial charge in [-0.05, 0) is 54.4 Å². The first-order valence-corrected chi connectivity index (χ1v) is 14.4. The number of nitrogens with one attached hydrogen (secondary N) is 1. The van der Waals surface area contributed by atoms with Crippen LogP contribution < -0.4 is 9.62 Å². The summed E-state index contributed by atoms with van der Waals surface area (Å²) in [5.74, 6) is -0.920. The van der Waals surface area contributed by atoms with Gasteiger partial charge < -0.3 is 10.2 Å². The van der Waals surface area contributed by atoms with Crippen molar-refractivity contribution in [3.05, 3.63) is 92.9 Å². The van der Waals surface area contributed by atoms with Gasteiger partial charge in [-0.3, -0.25) is 13.9 Å². The van der Waals surface area contributed by atoms with Gasteiger partial charge in [0.25, 0.3) is 10.0 Å². The summed E-state index contributed by atoms with van der Waals surface area (Å²) in [7, 11) is -2.63. The second-order valence-electron chi connectivity index (χ2n) is 8.11. The monoisotopic (exact) mass is 625 g/mol. The summed E-state index contributed by atoms with van der Waals surface area (Å²) < 4.78 is 29.1. The molecule has 0 aromatic heterocycles. The summed E-state index contributed by atoms with van der Waals surface area (Å²) in [5.41, 5.74) is 0.944. The Labute approximate surface area is 235 Å². The normalized spacial score (nSPS) is 12.0. The minimum atomic E-state index is -4.12. The zero-order chi connectivity index (χ0) is 27.2. The number of hydrogen-bond donors (Lipinski definition) is 1. The average molecular weight is 627 g/mol. The molecule has 3 aromatic rings. The van der Waals surface area contributed by atoms with Crippen molar-refractivity contribution in [1.29, 1.82) is 0 Å². The summed E-state index contributed by atoms with van der Waals surface area (Å²) in [4.78, 5) is 28.0. The molecule has 1 atom stereocenters. The molecule has 3 aromatic carbocycles. The van der Waals surface area contributed by atoms with Gasteiger partial charge in [-0.25, -0.2) is 8.42 Å². The number of carbonyl (C=O) groups is 2. The highest BCUT2D eigenvalue weighted by Crippen LogP contribution is 2.28. The van der Waals surface area contributed by atoms with Gasteiger partial charge in [0.15, 0.2) is 0 Å². The maximum atomic E-state index is 13.8. The van der Waals surface area contributed by atoms with Crippen LogP contribution in [-0.4, -0.2) is 44.8 Å². The maximum absolute atomic E-state index is 13.8. The Kier molecular flexibility index (Phi) is 10.0. The standard InChI is InChI=1S/C26H26BrCl2N3O4S/c1-3-24(26(34)30-2)31(16-18-12-13-22(28)23(29)14-18)25(33)17-32(20-9-7-8-19(27)15-20)37(35,36)21-10-5-4-6-11-21/h4-15,24H,3,16-17H2,1-2H3,(H,30,34)/t24-/m1/s1. The van der Waals surface area contributed by atoms with Gasteiger partial charge in [0.2, 0.25) is 11.8 Å². The van der Waals surface area contributed by atoms with E-state index in [4.69, 9.17) is 23.2 Å². The van der Waals surface area contributed by atoms with Crippen molar-refractivity contribution in [2.24, 2.45) is 0 Å². The van der Waals surface area contributed by atoms with Crippen LogP contribution in [0.25, 0.3) is 0 Å². The SMILES string of the molecule is CC[C@H](C(=O)NC)N(Cc1ccc(Cl)c(Cl)c1)C(=O)CN(c1cccc(Br)c1)S(=O)(=O)c1ccccc1. The van der Waals surface area contributed by atoms with E-state index in [0.717, 1.165) is 4.31 Å². The fourth-order valence-electron chi connectivity index (χ4n) is 3.80. The van der Waals surface area contributed by atoms with Crippen LogP contribution in [0.3, 0.4) is 0 Å². The summed E-state index contributed by atoms with van der Waals surface area (Å²) in [6.07, 6.45) is 0.315. The van der Waals surface area contributed by atoms with E-state index < -0.39 is 28.5 Å². The van der Waals surface area contributed by atoms with Gasteiger partial charge in [0.05, 0.1) is 20.6 Å². The van der Waals surface area contributed by atoms with Crippen LogP contribution in [0.5, 0.6) is 0 Å². The van der Waals surface area contributed by atoms with Crippen LogP contribution in [0.2, 0.25) is 10.0 Å². The highest BCUT2D eigenvalue weighted by molar-refractivity contribution is 9.10. The summed E-state index contributed by atoms with van der Waals surface area (Å²) in [5, 5.41) is 3.25. The number of halogens is 3. The van der Waals surface area contributed by atoms with Crippen LogP contribution in [0.15, 0.2) is 82.2 Å². The number of rotatable bonds is 10. The molecule has 0 aliphatic carbocycles. The van der Waals surface area contributed by atoms with Gasteiger partial charge in [-0.15, -0.1) is 0 Å². The minimum Gasteiger partial charge on any atom is -0.357 e. The molecule has 0 unspecified atom stereocenters. The van der Waals surface area contributed by atoms with Crippen LogP contribution in [0.1, 0.15) is 18.9 Å².